The number of hydrogen-bond donors (Lipinski definition) is 4. The van der Waals surface area contributed by atoms with Crippen molar-refractivity contribution in [2.45, 2.75) is 18.4 Å². The first kappa shape index (κ1) is 10.6. The maximum Gasteiger partial charge on any atom is 0.323 e. The van der Waals surface area contributed by atoms with Gasteiger partial charge in [-0.15, -0.1) is 0 Å². The third-order valence-corrected chi connectivity index (χ3v) is 3.41. The van der Waals surface area contributed by atoms with Crippen LogP contribution in [0.5, 0.6) is 0 Å². The van der Waals surface area contributed by atoms with Gasteiger partial charge in [0.25, 0.3) is 0 Å². The fraction of sp³-hybridized carbons (Fsp3) is 0.417. The van der Waals surface area contributed by atoms with Gasteiger partial charge < -0.3 is 20.4 Å². The molecular weight excluding hydrogens is 218 g/mol. The van der Waals surface area contributed by atoms with Crippen LogP contribution < -0.4 is 11.0 Å². The number of β-amino-alcohol motifs (C(OH)–C–C–N with tert-alkyl or cyclic N) is 1. The molecule has 5 heteroatoms. The fourth-order valence-corrected chi connectivity index (χ4v) is 2.46. The van der Waals surface area contributed by atoms with E-state index in [-0.39, 0.29) is 5.69 Å². The number of imidazole rings is 1. The lowest BCUT2D eigenvalue weighted by molar-refractivity contribution is 0.0124. The molecule has 1 aromatic carbocycles. The molecule has 1 fully saturated rings. The van der Waals surface area contributed by atoms with E-state index < -0.39 is 5.60 Å². The summed E-state index contributed by atoms with van der Waals surface area (Å²) in [6.45, 7) is 1.51. The highest BCUT2D eigenvalue weighted by Gasteiger charge is 2.31. The van der Waals surface area contributed by atoms with Crippen molar-refractivity contribution < 1.29 is 5.11 Å². The molecule has 2 aromatic rings. The van der Waals surface area contributed by atoms with Crippen molar-refractivity contribution in [3.63, 3.8) is 0 Å². The average Bonchev–Trinajstić information content (AvgIpc) is 2.69. The number of benzene rings is 1. The number of nitrogens with one attached hydrogen (secondary N) is 3. The van der Waals surface area contributed by atoms with Gasteiger partial charge in [-0.25, -0.2) is 4.79 Å². The second kappa shape index (κ2) is 3.72. The van der Waals surface area contributed by atoms with Crippen molar-refractivity contribution in [3.8, 4) is 0 Å². The summed E-state index contributed by atoms with van der Waals surface area (Å²) in [6, 6.07) is 5.55. The van der Waals surface area contributed by atoms with Crippen LogP contribution in [0.15, 0.2) is 23.0 Å². The molecule has 1 aliphatic rings. The summed E-state index contributed by atoms with van der Waals surface area (Å²) in [7, 11) is 0. The molecule has 0 spiro atoms. The highest BCUT2D eigenvalue weighted by atomic mass is 16.3. The number of fused-ring (bicyclic) bond motifs is 1. The van der Waals surface area contributed by atoms with Crippen molar-refractivity contribution in [3.05, 3.63) is 34.2 Å². The van der Waals surface area contributed by atoms with Gasteiger partial charge in [-0.05, 0) is 37.1 Å². The lowest BCUT2D eigenvalue weighted by Crippen LogP contribution is -2.43. The Morgan fingerprint density at radius 2 is 2.06 bits per heavy atom. The largest absolute Gasteiger partial charge is 0.384 e. The zero-order valence-electron chi connectivity index (χ0n) is 9.42. The number of aliphatic hydroxyl groups is 1. The average molecular weight is 233 g/mol. The van der Waals surface area contributed by atoms with Crippen molar-refractivity contribution in [1.82, 2.24) is 15.3 Å². The van der Waals surface area contributed by atoms with E-state index in [1.165, 1.54) is 0 Å². The number of H-pyrrole nitrogens is 2. The zero-order chi connectivity index (χ0) is 11.9. The molecule has 0 amide bonds. The highest BCUT2D eigenvalue weighted by molar-refractivity contribution is 5.75. The molecular formula is C12H15N3O2. The third-order valence-electron chi connectivity index (χ3n) is 3.41. The fourth-order valence-electron chi connectivity index (χ4n) is 2.46. The Morgan fingerprint density at radius 3 is 2.82 bits per heavy atom. The Balaban J connectivity index is 2.07. The molecule has 1 aromatic heterocycles. The SMILES string of the molecule is O=c1[nH]c2ccc(C3(O)CCCNC3)cc2[nH]1. The van der Waals surface area contributed by atoms with E-state index in [9.17, 15) is 9.90 Å². The molecule has 1 unspecified atom stereocenters. The van der Waals surface area contributed by atoms with Crippen LogP contribution in [0.2, 0.25) is 0 Å². The van der Waals surface area contributed by atoms with Gasteiger partial charge in [0.15, 0.2) is 0 Å². The lowest BCUT2D eigenvalue weighted by Gasteiger charge is -2.33. The Labute approximate surface area is 97.9 Å². The van der Waals surface area contributed by atoms with E-state index in [1.54, 1.807) is 0 Å². The van der Waals surface area contributed by atoms with Crippen LogP contribution in [0, 0.1) is 0 Å². The van der Waals surface area contributed by atoms with Gasteiger partial charge in [-0.2, -0.15) is 0 Å². The first-order valence-corrected chi connectivity index (χ1v) is 5.83. The Morgan fingerprint density at radius 1 is 1.24 bits per heavy atom. The van der Waals surface area contributed by atoms with Crippen LogP contribution in [-0.4, -0.2) is 28.2 Å². The molecule has 0 bridgehead atoms. The number of aromatic nitrogens is 2. The first-order valence-electron chi connectivity index (χ1n) is 5.83. The standard InChI is InChI=1S/C12H15N3O2/c16-11-14-9-3-2-8(6-10(9)15-11)12(17)4-1-5-13-7-12/h2-3,6,13,17H,1,4-5,7H2,(H2,14,15,16). The molecule has 2 heterocycles. The van der Waals surface area contributed by atoms with Gasteiger partial charge in [0, 0.05) is 6.54 Å². The summed E-state index contributed by atoms with van der Waals surface area (Å²) in [6.07, 6.45) is 1.71. The van der Waals surface area contributed by atoms with Crippen molar-refractivity contribution in [2.24, 2.45) is 0 Å². The summed E-state index contributed by atoms with van der Waals surface area (Å²) in [4.78, 5) is 16.6. The van der Waals surface area contributed by atoms with Crippen molar-refractivity contribution in [1.29, 1.82) is 0 Å². The molecule has 1 atom stereocenters. The first-order chi connectivity index (χ1) is 8.17. The monoisotopic (exact) mass is 233 g/mol. The van der Waals surface area contributed by atoms with Crippen molar-refractivity contribution in [2.75, 3.05) is 13.1 Å². The van der Waals surface area contributed by atoms with Crippen LogP contribution in [0.4, 0.5) is 0 Å². The molecule has 5 nitrogen and oxygen atoms in total. The van der Waals surface area contributed by atoms with Gasteiger partial charge in [0.05, 0.1) is 11.0 Å². The summed E-state index contributed by atoms with van der Waals surface area (Å²) in [5.41, 5.74) is 1.33. The summed E-state index contributed by atoms with van der Waals surface area (Å²) < 4.78 is 0. The van der Waals surface area contributed by atoms with Crippen LogP contribution >= 0.6 is 0 Å². The summed E-state index contributed by atoms with van der Waals surface area (Å²) >= 11 is 0. The van der Waals surface area contributed by atoms with Crippen molar-refractivity contribution >= 4 is 11.0 Å². The van der Waals surface area contributed by atoms with Crippen LogP contribution in [0.25, 0.3) is 11.0 Å². The maximum absolute atomic E-state index is 11.2. The minimum absolute atomic E-state index is 0.217. The topological polar surface area (TPSA) is 80.9 Å². The third kappa shape index (κ3) is 1.77. The van der Waals surface area contributed by atoms with Gasteiger partial charge in [-0.1, -0.05) is 6.07 Å². The molecule has 0 radical (unpaired) electrons. The van der Waals surface area contributed by atoms with Crippen LogP contribution in [0.1, 0.15) is 18.4 Å². The molecule has 1 saturated heterocycles. The smallest absolute Gasteiger partial charge is 0.323 e. The minimum Gasteiger partial charge on any atom is -0.384 e. The van der Waals surface area contributed by atoms with Crippen LogP contribution in [-0.2, 0) is 5.60 Å². The Bertz CT molecular complexity index is 593. The van der Waals surface area contributed by atoms with E-state index in [2.05, 4.69) is 15.3 Å². The quantitative estimate of drug-likeness (QED) is 0.576. The van der Waals surface area contributed by atoms with Crippen LogP contribution in [0.3, 0.4) is 0 Å². The molecule has 3 rings (SSSR count). The van der Waals surface area contributed by atoms with Gasteiger partial charge in [-0.3, -0.25) is 0 Å². The Hall–Kier alpha value is -1.59. The van der Waals surface area contributed by atoms with E-state index in [0.717, 1.165) is 36.0 Å². The number of piperidine rings is 1. The van der Waals surface area contributed by atoms with Gasteiger partial charge in [0.1, 0.15) is 5.60 Å². The summed E-state index contributed by atoms with van der Waals surface area (Å²) in [5.74, 6) is 0. The molecule has 0 saturated carbocycles. The van der Waals surface area contributed by atoms with E-state index in [0.29, 0.717) is 6.54 Å². The predicted molar refractivity (Wildman–Crippen MR) is 64.9 cm³/mol. The normalized spacial score (nSPS) is 25.2. The highest BCUT2D eigenvalue weighted by Crippen LogP contribution is 2.29. The summed E-state index contributed by atoms with van der Waals surface area (Å²) in [5, 5.41) is 13.7. The zero-order valence-corrected chi connectivity index (χ0v) is 9.42. The molecule has 0 aliphatic carbocycles. The Kier molecular flexibility index (Phi) is 2.31. The maximum atomic E-state index is 11.2. The van der Waals surface area contributed by atoms with Gasteiger partial charge >= 0.3 is 5.69 Å². The molecule has 90 valence electrons. The van der Waals surface area contributed by atoms with E-state index >= 15 is 0 Å². The minimum atomic E-state index is -0.819. The number of aromatic amines is 2. The van der Waals surface area contributed by atoms with Gasteiger partial charge in [0.2, 0.25) is 0 Å². The second-order valence-electron chi connectivity index (χ2n) is 4.65. The van der Waals surface area contributed by atoms with E-state index in [1.807, 2.05) is 18.2 Å². The number of hydrogen-bond acceptors (Lipinski definition) is 3. The molecule has 1 aliphatic heterocycles. The predicted octanol–water partition coefficient (Wildman–Crippen LogP) is 0.427. The van der Waals surface area contributed by atoms with E-state index in [4.69, 9.17) is 0 Å². The second-order valence-corrected chi connectivity index (χ2v) is 4.65. The molecule has 4 N–H and O–H groups in total. The number of rotatable bonds is 1. The lowest BCUT2D eigenvalue weighted by atomic mass is 9.86. The molecule has 17 heavy (non-hydrogen) atoms.